The van der Waals surface area contributed by atoms with E-state index in [1.54, 1.807) is 15.6 Å². The third kappa shape index (κ3) is 2.44. The summed E-state index contributed by atoms with van der Waals surface area (Å²) in [7, 11) is -2.27. The average Bonchev–Trinajstić information content (AvgIpc) is 3.16. The highest BCUT2D eigenvalue weighted by molar-refractivity contribution is 7.14. The van der Waals surface area contributed by atoms with Gasteiger partial charge in [-0.05, 0) is 57.7 Å². The fourth-order valence-electron chi connectivity index (χ4n) is 6.46. The summed E-state index contributed by atoms with van der Waals surface area (Å²) in [5.74, 6) is 0. The van der Waals surface area contributed by atoms with Crippen LogP contribution in [0.4, 0.5) is 0 Å². The topological polar surface area (TPSA) is 4.93 Å². The van der Waals surface area contributed by atoms with E-state index in [9.17, 15) is 0 Å². The van der Waals surface area contributed by atoms with E-state index in [0.717, 1.165) is 13.0 Å². The van der Waals surface area contributed by atoms with Gasteiger partial charge in [0.15, 0.2) is 8.07 Å². The van der Waals surface area contributed by atoms with Gasteiger partial charge in [0.1, 0.15) is 0 Å². The van der Waals surface area contributed by atoms with Crippen molar-refractivity contribution in [2.45, 2.75) is 39.3 Å². The molecule has 158 valence electrons. The molecule has 1 aromatic heterocycles. The second-order valence-corrected chi connectivity index (χ2v) is 13.8. The summed E-state index contributed by atoms with van der Waals surface area (Å²) >= 11 is 0. The molecule has 0 aliphatic carbocycles. The summed E-state index contributed by atoms with van der Waals surface area (Å²) in [6, 6.07) is 34.6. The molecule has 1 aliphatic rings. The van der Waals surface area contributed by atoms with E-state index < -0.39 is 8.07 Å². The van der Waals surface area contributed by atoms with Gasteiger partial charge in [0.2, 0.25) is 0 Å². The van der Waals surface area contributed by atoms with Gasteiger partial charge >= 0.3 is 0 Å². The molecular weight excluding hydrogens is 402 g/mol. The number of benzene rings is 4. The second-order valence-electron chi connectivity index (χ2n) is 9.41. The maximum absolute atomic E-state index is 2.50. The fraction of sp³-hybridized carbons (Fsp3) is 0.200. The predicted octanol–water partition coefficient (Wildman–Crippen LogP) is 5.60. The number of aromatic nitrogens is 1. The van der Waals surface area contributed by atoms with Gasteiger partial charge in [0.25, 0.3) is 0 Å². The Labute approximate surface area is 191 Å². The van der Waals surface area contributed by atoms with Crippen LogP contribution >= 0.6 is 0 Å². The molecule has 1 nitrogen and oxygen atoms in total. The van der Waals surface area contributed by atoms with E-state index in [2.05, 4.69) is 116 Å². The van der Waals surface area contributed by atoms with Crippen molar-refractivity contribution in [3.8, 4) is 0 Å². The first-order valence-corrected chi connectivity index (χ1v) is 13.9. The highest BCUT2D eigenvalue weighted by Gasteiger charge is 2.48. The summed E-state index contributed by atoms with van der Waals surface area (Å²) in [6.07, 6.45) is 1.04. The van der Waals surface area contributed by atoms with Crippen LogP contribution in [0.1, 0.15) is 31.9 Å². The Kier molecular flexibility index (Phi) is 4.41. The second kappa shape index (κ2) is 7.21. The van der Waals surface area contributed by atoms with Gasteiger partial charge in [0.05, 0.1) is 0 Å². The van der Waals surface area contributed by atoms with E-state index in [0.29, 0.717) is 5.54 Å². The Hall–Kier alpha value is -3.10. The van der Waals surface area contributed by atoms with Gasteiger partial charge in [-0.25, -0.2) is 0 Å². The molecule has 0 atom stereocenters. The Bertz CT molecular complexity index is 1430. The summed E-state index contributed by atoms with van der Waals surface area (Å²) in [5.41, 5.74) is 6.30. The van der Waals surface area contributed by atoms with Crippen LogP contribution in [0.5, 0.6) is 0 Å². The maximum Gasteiger partial charge on any atom is 0.152 e. The maximum atomic E-state index is 2.50. The summed E-state index contributed by atoms with van der Waals surface area (Å²) in [4.78, 5) is 0. The molecule has 2 heterocycles. The van der Waals surface area contributed by atoms with Crippen LogP contribution in [0.3, 0.4) is 0 Å². The van der Waals surface area contributed by atoms with E-state index in [4.69, 9.17) is 0 Å². The fourth-order valence-corrected chi connectivity index (χ4v) is 12.3. The molecule has 0 spiro atoms. The van der Waals surface area contributed by atoms with Gasteiger partial charge in [-0.3, -0.25) is 0 Å². The van der Waals surface area contributed by atoms with Crippen molar-refractivity contribution in [1.82, 2.24) is 4.57 Å². The van der Waals surface area contributed by atoms with E-state index in [1.807, 2.05) is 0 Å². The molecule has 6 rings (SSSR count). The van der Waals surface area contributed by atoms with Crippen LogP contribution in [-0.4, -0.2) is 12.6 Å². The molecule has 0 unspecified atom stereocenters. The minimum Gasteiger partial charge on any atom is -0.341 e. The average molecular weight is 432 g/mol. The Morgan fingerprint density at radius 1 is 0.688 bits per heavy atom. The number of hydrogen-bond acceptors (Lipinski definition) is 0. The largest absolute Gasteiger partial charge is 0.341 e. The summed E-state index contributed by atoms with van der Waals surface area (Å²) in [6.45, 7) is 8.17. The van der Waals surface area contributed by atoms with Gasteiger partial charge in [-0.2, -0.15) is 0 Å². The Balaban J connectivity index is 1.85. The van der Waals surface area contributed by atoms with Crippen LogP contribution in [0.25, 0.3) is 21.8 Å². The SMILES string of the molecule is CCn1c2ccccc2c2c([Si]3(C(C)C)c4ccccc4Cc4ccccc43)cccc21. The lowest BCUT2D eigenvalue weighted by Gasteiger charge is -2.43. The van der Waals surface area contributed by atoms with Crippen LogP contribution in [0, 0.1) is 0 Å². The third-order valence-corrected chi connectivity index (χ3v) is 13.3. The van der Waals surface area contributed by atoms with Crippen LogP contribution in [0.2, 0.25) is 5.54 Å². The van der Waals surface area contributed by atoms with Crippen LogP contribution in [-0.2, 0) is 13.0 Å². The molecule has 0 amide bonds. The molecule has 0 bridgehead atoms. The molecule has 0 saturated carbocycles. The first-order chi connectivity index (χ1) is 15.7. The highest BCUT2D eigenvalue weighted by atomic mass is 28.3. The monoisotopic (exact) mass is 431 g/mol. The van der Waals surface area contributed by atoms with Crippen molar-refractivity contribution in [2.75, 3.05) is 0 Å². The first kappa shape index (κ1) is 19.6. The first-order valence-electron chi connectivity index (χ1n) is 11.8. The number of rotatable bonds is 3. The van der Waals surface area contributed by atoms with Crippen molar-refractivity contribution in [2.24, 2.45) is 0 Å². The molecule has 4 aromatic carbocycles. The zero-order chi connectivity index (χ0) is 21.9. The van der Waals surface area contributed by atoms with Crippen molar-refractivity contribution in [3.05, 3.63) is 102 Å². The van der Waals surface area contributed by atoms with Crippen molar-refractivity contribution >= 4 is 45.4 Å². The molecule has 1 aliphatic heterocycles. The number of nitrogens with zero attached hydrogens (tertiary/aromatic N) is 1. The lowest BCUT2D eigenvalue weighted by molar-refractivity contribution is 0.827. The van der Waals surface area contributed by atoms with Gasteiger partial charge in [0, 0.05) is 28.4 Å². The Morgan fingerprint density at radius 2 is 1.25 bits per heavy atom. The smallest absolute Gasteiger partial charge is 0.152 e. The van der Waals surface area contributed by atoms with Crippen LogP contribution in [0.15, 0.2) is 91.0 Å². The molecule has 0 saturated heterocycles. The van der Waals surface area contributed by atoms with E-state index in [1.165, 1.54) is 32.9 Å². The normalized spacial score (nSPS) is 14.6. The number of hydrogen-bond donors (Lipinski definition) is 0. The lowest BCUT2D eigenvalue weighted by Crippen LogP contribution is -2.72. The van der Waals surface area contributed by atoms with Gasteiger partial charge in [-0.1, -0.05) is 92.7 Å². The van der Waals surface area contributed by atoms with Gasteiger partial charge < -0.3 is 4.57 Å². The van der Waals surface area contributed by atoms with E-state index in [-0.39, 0.29) is 0 Å². The van der Waals surface area contributed by atoms with Crippen molar-refractivity contribution in [1.29, 1.82) is 0 Å². The zero-order valence-electron chi connectivity index (χ0n) is 19.1. The molecule has 0 N–H and O–H groups in total. The summed E-state index contributed by atoms with van der Waals surface area (Å²) < 4.78 is 2.50. The molecule has 0 radical (unpaired) electrons. The zero-order valence-corrected chi connectivity index (χ0v) is 20.1. The third-order valence-electron chi connectivity index (χ3n) is 7.67. The van der Waals surface area contributed by atoms with E-state index >= 15 is 0 Å². The molecular formula is C30H29NSi. The molecule has 5 aromatic rings. The standard InChI is InChI=1S/C30H29NSi/c1-4-31-25-15-8-7-14-24(25)30-26(31)16-11-19-29(30)32(21(2)3)27-17-9-5-12-22(27)20-23-13-6-10-18-28(23)32/h5-19,21H,4,20H2,1-3H3. The van der Waals surface area contributed by atoms with Crippen LogP contribution < -0.4 is 15.6 Å². The quantitative estimate of drug-likeness (QED) is 0.328. The number of para-hydroxylation sites is 1. The molecule has 2 heteroatoms. The highest BCUT2D eigenvalue weighted by Crippen LogP contribution is 2.34. The van der Waals surface area contributed by atoms with Gasteiger partial charge in [-0.15, -0.1) is 0 Å². The van der Waals surface area contributed by atoms with Crippen molar-refractivity contribution in [3.63, 3.8) is 0 Å². The minimum atomic E-state index is -2.27. The number of aryl methyl sites for hydroxylation is 1. The molecule has 32 heavy (non-hydrogen) atoms. The molecule has 0 fully saturated rings. The minimum absolute atomic E-state index is 0.541. The lowest BCUT2D eigenvalue weighted by atomic mass is 10.0. The number of fused-ring (bicyclic) bond motifs is 5. The van der Waals surface area contributed by atoms with Crippen molar-refractivity contribution < 1.29 is 0 Å². The summed E-state index contributed by atoms with van der Waals surface area (Å²) in [5, 5.41) is 7.65. The predicted molar refractivity (Wildman–Crippen MR) is 141 cm³/mol. The Morgan fingerprint density at radius 3 is 1.91 bits per heavy atom.